The SMILES string of the molecule is COc1ccc(Cl)c(/C(O)=C2\C(=O)C(=O)N(Cc3ccco3)C2c2ccc(OCc3ccccc3)cc2)c1. The van der Waals surface area contributed by atoms with E-state index >= 15 is 0 Å². The Hall–Kier alpha value is -4.49. The van der Waals surface area contributed by atoms with Crippen LogP contribution in [0.2, 0.25) is 5.02 Å². The van der Waals surface area contributed by atoms with Crippen molar-refractivity contribution < 1.29 is 28.6 Å². The number of nitrogens with zero attached hydrogens (tertiary/aromatic N) is 1. The Morgan fingerprint density at radius 1 is 0.974 bits per heavy atom. The highest BCUT2D eigenvalue weighted by molar-refractivity contribution is 6.47. The number of rotatable bonds is 8. The highest BCUT2D eigenvalue weighted by Gasteiger charge is 2.46. The van der Waals surface area contributed by atoms with Crippen molar-refractivity contribution >= 4 is 29.1 Å². The fraction of sp³-hybridized carbons (Fsp3) is 0.133. The number of methoxy groups -OCH3 is 1. The number of ether oxygens (including phenoxy) is 2. The van der Waals surface area contributed by atoms with Gasteiger partial charge in [0.1, 0.15) is 29.6 Å². The Morgan fingerprint density at radius 2 is 1.71 bits per heavy atom. The molecule has 7 nitrogen and oxygen atoms in total. The standard InChI is InChI=1S/C30H24ClNO6/c1-36-22-13-14-25(31)24(16-22)28(33)26-27(32(30(35)29(26)34)17-23-8-5-15-37-23)20-9-11-21(12-10-20)38-18-19-6-3-2-4-7-19/h2-16,27,33H,17-18H2,1H3/b28-26+. The van der Waals surface area contributed by atoms with Gasteiger partial charge in [-0.3, -0.25) is 9.59 Å². The van der Waals surface area contributed by atoms with Gasteiger partial charge in [-0.2, -0.15) is 0 Å². The van der Waals surface area contributed by atoms with Gasteiger partial charge in [-0.1, -0.05) is 54.1 Å². The molecule has 1 aromatic heterocycles. The molecule has 0 bridgehead atoms. The van der Waals surface area contributed by atoms with E-state index in [1.165, 1.54) is 24.3 Å². The number of carbonyl (C=O) groups excluding carboxylic acids is 2. The average molecular weight is 530 g/mol. The molecule has 192 valence electrons. The van der Waals surface area contributed by atoms with Crippen molar-refractivity contribution in [2.75, 3.05) is 7.11 Å². The summed E-state index contributed by atoms with van der Waals surface area (Å²) in [4.78, 5) is 27.9. The summed E-state index contributed by atoms with van der Waals surface area (Å²) < 4.78 is 16.6. The van der Waals surface area contributed by atoms with Gasteiger partial charge in [0.2, 0.25) is 0 Å². The molecule has 1 unspecified atom stereocenters. The van der Waals surface area contributed by atoms with E-state index in [2.05, 4.69) is 0 Å². The lowest BCUT2D eigenvalue weighted by molar-refractivity contribution is -0.140. The van der Waals surface area contributed by atoms with Gasteiger partial charge in [-0.25, -0.2) is 0 Å². The fourth-order valence-corrected chi connectivity index (χ4v) is 4.61. The number of hydrogen-bond acceptors (Lipinski definition) is 6. The number of ketones is 1. The summed E-state index contributed by atoms with van der Waals surface area (Å²) in [6, 6.07) is 24.1. The molecule has 4 aromatic rings. The molecule has 5 rings (SSSR count). The number of amides is 1. The minimum Gasteiger partial charge on any atom is -0.507 e. The molecule has 0 spiro atoms. The zero-order chi connectivity index (χ0) is 26.6. The summed E-state index contributed by atoms with van der Waals surface area (Å²) in [5, 5.41) is 11.6. The molecule has 0 radical (unpaired) electrons. The van der Waals surface area contributed by atoms with Crippen molar-refractivity contribution in [2.45, 2.75) is 19.2 Å². The second-order valence-electron chi connectivity index (χ2n) is 8.70. The van der Waals surface area contributed by atoms with E-state index in [4.69, 9.17) is 25.5 Å². The molecule has 1 aliphatic heterocycles. The van der Waals surface area contributed by atoms with Gasteiger partial charge >= 0.3 is 0 Å². The van der Waals surface area contributed by atoms with Crippen LogP contribution < -0.4 is 9.47 Å². The van der Waals surface area contributed by atoms with E-state index in [-0.39, 0.29) is 28.5 Å². The molecule has 0 aliphatic carbocycles. The van der Waals surface area contributed by atoms with E-state index in [1.807, 2.05) is 30.3 Å². The van der Waals surface area contributed by atoms with Gasteiger partial charge < -0.3 is 23.9 Å². The van der Waals surface area contributed by atoms with Crippen LogP contribution in [0.5, 0.6) is 11.5 Å². The van der Waals surface area contributed by atoms with Crippen LogP contribution in [0.25, 0.3) is 5.76 Å². The fourth-order valence-electron chi connectivity index (χ4n) is 4.41. The Kier molecular flexibility index (Phi) is 7.20. The topological polar surface area (TPSA) is 89.2 Å². The first-order chi connectivity index (χ1) is 18.5. The predicted molar refractivity (Wildman–Crippen MR) is 142 cm³/mol. The molecule has 8 heteroatoms. The lowest BCUT2D eigenvalue weighted by atomic mass is 9.95. The number of benzene rings is 3. The third-order valence-electron chi connectivity index (χ3n) is 6.32. The molecule has 1 saturated heterocycles. The van der Waals surface area contributed by atoms with E-state index < -0.39 is 17.7 Å². The van der Waals surface area contributed by atoms with Gasteiger partial charge in [0, 0.05) is 5.56 Å². The number of carbonyl (C=O) groups is 2. The molecule has 1 fully saturated rings. The Balaban J connectivity index is 1.54. The van der Waals surface area contributed by atoms with Crippen LogP contribution in [0.4, 0.5) is 0 Å². The molecule has 0 saturated carbocycles. The van der Waals surface area contributed by atoms with Crippen LogP contribution in [0.3, 0.4) is 0 Å². The van der Waals surface area contributed by atoms with Crippen LogP contribution in [-0.2, 0) is 22.7 Å². The van der Waals surface area contributed by atoms with Crippen molar-refractivity contribution in [1.82, 2.24) is 4.90 Å². The van der Waals surface area contributed by atoms with Crippen LogP contribution in [0.15, 0.2) is 101 Å². The van der Waals surface area contributed by atoms with Crippen molar-refractivity contribution in [3.05, 3.63) is 124 Å². The van der Waals surface area contributed by atoms with Crippen LogP contribution in [-0.4, -0.2) is 28.8 Å². The second kappa shape index (κ2) is 10.9. The number of furan rings is 1. The van der Waals surface area contributed by atoms with Crippen LogP contribution in [0.1, 0.15) is 28.5 Å². The zero-order valence-corrected chi connectivity index (χ0v) is 21.2. The lowest BCUT2D eigenvalue weighted by Crippen LogP contribution is -2.29. The first-order valence-electron chi connectivity index (χ1n) is 11.9. The highest BCUT2D eigenvalue weighted by Crippen LogP contribution is 2.42. The first-order valence-corrected chi connectivity index (χ1v) is 12.3. The van der Waals surface area contributed by atoms with E-state index in [1.54, 1.807) is 48.5 Å². The molecule has 1 atom stereocenters. The maximum atomic E-state index is 13.3. The highest BCUT2D eigenvalue weighted by atomic mass is 35.5. The number of aliphatic hydroxyl groups is 1. The number of halogens is 1. The molecule has 1 amide bonds. The van der Waals surface area contributed by atoms with Crippen LogP contribution in [0, 0.1) is 0 Å². The maximum Gasteiger partial charge on any atom is 0.296 e. The number of hydrogen-bond donors (Lipinski definition) is 1. The minimum atomic E-state index is -0.884. The Morgan fingerprint density at radius 3 is 2.39 bits per heavy atom. The summed E-state index contributed by atoms with van der Waals surface area (Å²) in [5.41, 5.74) is 1.76. The smallest absolute Gasteiger partial charge is 0.296 e. The largest absolute Gasteiger partial charge is 0.507 e. The summed E-state index contributed by atoms with van der Waals surface area (Å²) in [6.07, 6.45) is 1.50. The Bertz CT molecular complexity index is 1480. The summed E-state index contributed by atoms with van der Waals surface area (Å²) in [7, 11) is 1.48. The van der Waals surface area contributed by atoms with Gasteiger partial charge in [-0.05, 0) is 53.6 Å². The third kappa shape index (κ3) is 5.01. The average Bonchev–Trinajstić information content (AvgIpc) is 3.55. The van der Waals surface area contributed by atoms with Gasteiger partial charge in [0.25, 0.3) is 11.7 Å². The maximum absolute atomic E-state index is 13.3. The lowest BCUT2D eigenvalue weighted by Gasteiger charge is -2.25. The van der Waals surface area contributed by atoms with Crippen LogP contribution >= 0.6 is 11.6 Å². The van der Waals surface area contributed by atoms with Crippen molar-refractivity contribution in [1.29, 1.82) is 0 Å². The molecule has 1 N–H and O–H groups in total. The van der Waals surface area contributed by atoms with E-state index in [0.29, 0.717) is 29.4 Å². The van der Waals surface area contributed by atoms with Crippen molar-refractivity contribution in [3.63, 3.8) is 0 Å². The van der Waals surface area contributed by atoms with E-state index in [0.717, 1.165) is 5.56 Å². The monoisotopic (exact) mass is 529 g/mol. The molecular weight excluding hydrogens is 506 g/mol. The molecular formula is C30H24ClNO6. The van der Waals surface area contributed by atoms with Crippen molar-refractivity contribution in [2.24, 2.45) is 0 Å². The first kappa shape index (κ1) is 25.2. The third-order valence-corrected chi connectivity index (χ3v) is 6.65. The molecule has 38 heavy (non-hydrogen) atoms. The predicted octanol–water partition coefficient (Wildman–Crippen LogP) is 6.14. The summed E-state index contributed by atoms with van der Waals surface area (Å²) in [6.45, 7) is 0.433. The second-order valence-corrected chi connectivity index (χ2v) is 9.10. The number of Topliss-reactive ketones (excluding diaryl/α,β-unsaturated/α-hetero) is 1. The minimum absolute atomic E-state index is 0.0388. The normalized spacial score (nSPS) is 16.6. The molecule has 2 heterocycles. The van der Waals surface area contributed by atoms with E-state index in [9.17, 15) is 14.7 Å². The zero-order valence-electron chi connectivity index (χ0n) is 20.5. The number of likely N-dealkylation sites (tertiary alicyclic amines) is 1. The molecule has 1 aliphatic rings. The van der Waals surface area contributed by atoms with Gasteiger partial charge in [-0.15, -0.1) is 0 Å². The molecule has 3 aromatic carbocycles. The van der Waals surface area contributed by atoms with Crippen molar-refractivity contribution in [3.8, 4) is 11.5 Å². The summed E-state index contributed by atoms with van der Waals surface area (Å²) >= 11 is 6.37. The number of aliphatic hydroxyl groups excluding tert-OH is 1. The summed E-state index contributed by atoms with van der Waals surface area (Å²) in [5.74, 6) is -0.393. The Labute approximate surface area is 224 Å². The quantitative estimate of drug-likeness (QED) is 0.167. The van der Waals surface area contributed by atoms with Gasteiger partial charge in [0.05, 0.1) is 36.6 Å². The van der Waals surface area contributed by atoms with Gasteiger partial charge in [0.15, 0.2) is 0 Å².